The lowest BCUT2D eigenvalue weighted by molar-refractivity contribution is 0.219. The molecule has 0 aromatic heterocycles. The van der Waals surface area contributed by atoms with E-state index in [-0.39, 0.29) is 11.2 Å². The molecule has 14 heavy (non-hydrogen) atoms. The molecule has 0 radical (unpaired) electrons. The maximum absolute atomic E-state index is 11.3. The highest BCUT2D eigenvalue weighted by molar-refractivity contribution is 7.89. The monoisotopic (exact) mass is 219 g/mol. The van der Waals surface area contributed by atoms with Crippen molar-refractivity contribution in [1.82, 2.24) is 4.72 Å². The van der Waals surface area contributed by atoms with Gasteiger partial charge in [-0.2, -0.15) is 0 Å². The molecule has 1 N–H and O–H groups in total. The molecule has 0 bridgehead atoms. The third kappa shape index (κ3) is 3.58. The van der Waals surface area contributed by atoms with Gasteiger partial charge >= 0.3 is 0 Å². The SMILES string of the molecule is CCS(=O)(=O)NCC1(C)CCCCC1. The summed E-state index contributed by atoms with van der Waals surface area (Å²) in [6.07, 6.45) is 6.09. The van der Waals surface area contributed by atoms with Crippen LogP contribution in [0.5, 0.6) is 0 Å². The average Bonchev–Trinajstić information content (AvgIpc) is 2.17. The Bertz CT molecular complexity index is 266. The fourth-order valence-electron chi connectivity index (χ4n) is 1.97. The summed E-state index contributed by atoms with van der Waals surface area (Å²) < 4.78 is 25.2. The van der Waals surface area contributed by atoms with E-state index in [0.717, 1.165) is 12.8 Å². The molecule has 0 spiro atoms. The molecule has 0 unspecified atom stereocenters. The first-order valence-corrected chi connectivity index (χ1v) is 7.10. The lowest BCUT2D eigenvalue weighted by atomic mass is 9.76. The van der Waals surface area contributed by atoms with E-state index in [1.807, 2.05) is 0 Å². The molecule has 0 saturated heterocycles. The van der Waals surface area contributed by atoms with Crippen molar-refractivity contribution in [2.24, 2.45) is 5.41 Å². The summed E-state index contributed by atoms with van der Waals surface area (Å²) in [5.41, 5.74) is 0.195. The molecule has 1 rings (SSSR count). The zero-order chi connectivity index (χ0) is 10.7. The Kier molecular flexibility index (Phi) is 3.95. The van der Waals surface area contributed by atoms with Crippen LogP contribution in [-0.2, 0) is 10.0 Å². The molecule has 1 fully saturated rings. The van der Waals surface area contributed by atoms with Crippen molar-refractivity contribution in [3.8, 4) is 0 Å². The van der Waals surface area contributed by atoms with Gasteiger partial charge in [0.25, 0.3) is 0 Å². The van der Waals surface area contributed by atoms with Crippen molar-refractivity contribution >= 4 is 10.0 Å². The molecule has 0 aromatic rings. The average molecular weight is 219 g/mol. The maximum Gasteiger partial charge on any atom is 0.211 e. The van der Waals surface area contributed by atoms with Gasteiger partial charge in [-0.3, -0.25) is 0 Å². The summed E-state index contributed by atoms with van der Waals surface area (Å²) in [6.45, 7) is 4.47. The van der Waals surface area contributed by atoms with E-state index in [1.54, 1.807) is 6.92 Å². The Morgan fingerprint density at radius 2 is 1.79 bits per heavy atom. The molecule has 1 aliphatic rings. The Hall–Kier alpha value is -0.0900. The lowest BCUT2D eigenvalue weighted by Crippen LogP contribution is -2.37. The summed E-state index contributed by atoms with van der Waals surface area (Å²) in [7, 11) is -3.01. The zero-order valence-electron chi connectivity index (χ0n) is 9.17. The van der Waals surface area contributed by atoms with Crippen LogP contribution in [0, 0.1) is 5.41 Å². The van der Waals surface area contributed by atoms with Gasteiger partial charge in [0, 0.05) is 6.54 Å². The molecule has 84 valence electrons. The molecule has 0 atom stereocenters. The molecule has 1 saturated carbocycles. The van der Waals surface area contributed by atoms with E-state index in [4.69, 9.17) is 0 Å². The van der Waals surface area contributed by atoms with E-state index < -0.39 is 10.0 Å². The molecule has 1 aliphatic carbocycles. The fourth-order valence-corrected chi connectivity index (χ4v) is 2.74. The minimum Gasteiger partial charge on any atom is -0.215 e. The van der Waals surface area contributed by atoms with Gasteiger partial charge in [-0.1, -0.05) is 26.2 Å². The standard InChI is InChI=1S/C10H21NO2S/c1-3-14(12,13)11-9-10(2)7-5-4-6-8-10/h11H,3-9H2,1-2H3. The molecule has 4 heteroatoms. The van der Waals surface area contributed by atoms with Crippen molar-refractivity contribution in [2.45, 2.75) is 46.0 Å². The van der Waals surface area contributed by atoms with E-state index in [1.165, 1.54) is 19.3 Å². The highest BCUT2D eigenvalue weighted by atomic mass is 32.2. The zero-order valence-corrected chi connectivity index (χ0v) is 9.99. The Morgan fingerprint density at radius 3 is 2.29 bits per heavy atom. The maximum atomic E-state index is 11.3. The quantitative estimate of drug-likeness (QED) is 0.785. The number of hydrogen-bond donors (Lipinski definition) is 1. The van der Waals surface area contributed by atoms with Gasteiger partial charge in [0.05, 0.1) is 5.75 Å². The van der Waals surface area contributed by atoms with E-state index in [0.29, 0.717) is 6.54 Å². The van der Waals surface area contributed by atoms with E-state index >= 15 is 0 Å². The summed E-state index contributed by atoms with van der Waals surface area (Å²) >= 11 is 0. The summed E-state index contributed by atoms with van der Waals surface area (Å²) in [5.74, 6) is 0.184. The molecule has 3 nitrogen and oxygen atoms in total. The number of nitrogens with one attached hydrogen (secondary N) is 1. The smallest absolute Gasteiger partial charge is 0.211 e. The Labute approximate surface area is 87.3 Å². The Balaban J connectivity index is 2.43. The Morgan fingerprint density at radius 1 is 1.21 bits per heavy atom. The summed E-state index contributed by atoms with van der Waals surface area (Å²) in [4.78, 5) is 0. The largest absolute Gasteiger partial charge is 0.215 e. The van der Waals surface area contributed by atoms with E-state index in [2.05, 4.69) is 11.6 Å². The van der Waals surface area contributed by atoms with Gasteiger partial charge in [0.1, 0.15) is 0 Å². The van der Waals surface area contributed by atoms with Crippen molar-refractivity contribution in [1.29, 1.82) is 0 Å². The van der Waals surface area contributed by atoms with Crippen LogP contribution in [0.25, 0.3) is 0 Å². The van der Waals surface area contributed by atoms with Crippen molar-refractivity contribution in [2.75, 3.05) is 12.3 Å². The molecule has 0 amide bonds. The first-order chi connectivity index (χ1) is 6.47. The van der Waals surface area contributed by atoms with Gasteiger partial charge in [-0.25, -0.2) is 13.1 Å². The summed E-state index contributed by atoms with van der Waals surface area (Å²) in [6, 6.07) is 0. The third-order valence-electron chi connectivity index (χ3n) is 3.16. The van der Waals surface area contributed by atoms with E-state index in [9.17, 15) is 8.42 Å². The van der Waals surface area contributed by atoms with Gasteiger partial charge in [-0.05, 0) is 25.2 Å². The van der Waals surface area contributed by atoms with Crippen molar-refractivity contribution < 1.29 is 8.42 Å². The van der Waals surface area contributed by atoms with Crippen LogP contribution in [0.15, 0.2) is 0 Å². The number of hydrogen-bond acceptors (Lipinski definition) is 2. The van der Waals surface area contributed by atoms with Crippen molar-refractivity contribution in [3.63, 3.8) is 0 Å². The van der Waals surface area contributed by atoms with Gasteiger partial charge in [0.15, 0.2) is 0 Å². The van der Waals surface area contributed by atoms with Crippen LogP contribution in [0.3, 0.4) is 0 Å². The number of sulfonamides is 1. The predicted molar refractivity (Wildman–Crippen MR) is 58.7 cm³/mol. The van der Waals surface area contributed by atoms with Crippen LogP contribution in [0.4, 0.5) is 0 Å². The van der Waals surface area contributed by atoms with Crippen LogP contribution >= 0.6 is 0 Å². The molecule has 0 aliphatic heterocycles. The predicted octanol–water partition coefficient (Wildman–Crippen LogP) is 1.90. The van der Waals surface area contributed by atoms with Gasteiger partial charge in [-0.15, -0.1) is 0 Å². The molecular weight excluding hydrogens is 198 g/mol. The molecule has 0 aromatic carbocycles. The normalized spacial score (nSPS) is 22.1. The third-order valence-corrected chi connectivity index (χ3v) is 4.50. The lowest BCUT2D eigenvalue weighted by Gasteiger charge is -2.33. The minimum absolute atomic E-state index is 0.184. The number of rotatable bonds is 4. The minimum atomic E-state index is -3.01. The first kappa shape index (κ1) is 12.0. The fraction of sp³-hybridized carbons (Fsp3) is 1.00. The molecule has 0 heterocycles. The second-order valence-corrected chi connectivity index (χ2v) is 6.69. The first-order valence-electron chi connectivity index (χ1n) is 5.45. The summed E-state index contributed by atoms with van der Waals surface area (Å²) in [5, 5.41) is 0. The molecular formula is C10H21NO2S. The van der Waals surface area contributed by atoms with Crippen LogP contribution in [-0.4, -0.2) is 20.7 Å². The highest BCUT2D eigenvalue weighted by Gasteiger charge is 2.27. The van der Waals surface area contributed by atoms with Gasteiger partial charge in [0.2, 0.25) is 10.0 Å². The van der Waals surface area contributed by atoms with Crippen LogP contribution in [0.2, 0.25) is 0 Å². The second kappa shape index (κ2) is 4.62. The van der Waals surface area contributed by atoms with Gasteiger partial charge < -0.3 is 0 Å². The topological polar surface area (TPSA) is 46.2 Å². The highest BCUT2D eigenvalue weighted by Crippen LogP contribution is 2.34. The second-order valence-electron chi connectivity index (χ2n) is 4.60. The van der Waals surface area contributed by atoms with Crippen LogP contribution in [0.1, 0.15) is 46.0 Å². The van der Waals surface area contributed by atoms with Crippen LogP contribution < -0.4 is 4.72 Å². The van der Waals surface area contributed by atoms with Crippen molar-refractivity contribution in [3.05, 3.63) is 0 Å².